The number of hydrogen-bond acceptors (Lipinski definition) is 4. The van der Waals surface area contributed by atoms with Crippen LogP contribution in [0.1, 0.15) is 5.56 Å². The minimum Gasteiger partial charge on any atom is -0.489 e. The first kappa shape index (κ1) is 16.3. The topological polar surface area (TPSA) is 87.0 Å². The number of anilines is 1. The normalized spacial score (nSPS) is 10.0. The highest BCUT2D eigenvalue weighted by atomic mass is 16.5. The number of aromatic nitrogens is 1. The van der Waals surface area contributed by atoms with E-state index in [9.17, 15) is 4.79 Å². The molecule has 3 rings (SSSR count). The molecule has 1 aromatic heterocycles. The smallest absolute Gasteiger partial charge is 0.319 e. The number of ether oxygens (including phenoxy) is 1. The number of hydrogen-bond donors (Lipinski definition) is 2. The lowest BCUT2D eigenvalue weighted by Crippen LogP contribution is -2.32. The number of nitriles is 1. The van der Waals surface area contributed by atoms with Gasteiger partial charge in [-0.25, -0.2) is 4.79 Å². The lowest BCUT2D eigenvalue weighted by Gasteiger charge is -2.11. The summed E-state index contributed by atoms with van der Waals surface area (Å²) in [5.41, 5.74) is 1.68. The quantitative estimate of drug-likeness (QED) is 0.702. The second-order valence-electron chi connectivity index (χ2n) is 5.22. The van der Waals surface area contributed by atoms with Crippen molar-refractivity contribution < 1.29 is 9.53 Å². The average Bonchev–Trinajstić information content (AvgIpc) is 2.66. The Morgan fingerprint density at radius 3 is 2.84 bits per heavy atom. The molecular weight excluding hydrogens is 316 g/mol. The number of benzene rings is 2. The molecule has 1 heterocycles. The highest BCUT2D eigenvalue weighted by Gasteiger charge is 2.06. The number of amides is 2. The molecule has 0 aliphatic rings. The minimum atomic E-state index is -0.387. The van der Waals surface area contributed by atoms with Crippen LogP contribution in [0.15, 0.2) is 60.8 Å². The minimum absolute atomic E-state index is 0.309. The molecule has 124 valence electrons. The third-order valence-electron chi connectivity index (χ3n) is 3.54. The van der Waals surface area contributed by atoms with Gasteiger partial charge >= 0.3 is 6.03 Å². The van der Waals surface area contributed by atoms with Gasteiger partial charge in [-0.2, -0.15) is 5.26 Å². The number of pyridine rings is 1. The van der Waals surface area contributed by atoms with Crippen molar-refractivity contribution >= 4 is 22.6 Å². The van der Waals surface area contributed by atoms with Gasteiger partial charge in [-0.05, 0) is 24.3 Å². The van der Waals surface area contributed by atoms with Crippen LogP contribution in [0.2, 0.25) is 0 Å². The maximum Gasteiger partial charge on any atom is 0.319 e. The second-order valence-corrected chi connectivity index (χ2v) is 5.22. The van der Waals surface area contributed by atoms with Gasteiger partial charge in [0.1, 0.15) is 23.9 Å². The number of nitrogens with zero attached hydrogens (tertiary/aromatic N) is 2. The van der Waals surface area contributed by atoms with Gasteiger partial charge in [-0.1, -0.05) is 30.3 Å². The Bertz CT molecular complexity index is 929. The molecule has 0 fully saturated rings. The molecule has 3 aromatic rings. The summed E-state index contributed by atoms with van der Waals surface area (Å²) in [7, 11) is 0. The van der Waals surface area contributed by atoms with Crippen LogP contribution in [0.3, 0.4) is 0 Å². The molecule has 0 saturated heterocycles. The van der Waals surface area contributed by atoms with Crippen LogP contribution in [0, 0.1) is 11.3 Å². The predicted molar refractivity (Wildman–Crippen MR) is 95.4 cm³/mol. The zero-order chi connectivity index (χ0) is 17.5. The van der Waals surface area contributed by atoms with Crippen molar-refractivity contribution in [3.63, 3.8) is 0 Å². The number of para-hydroxylation sites is 2. The fourth-order valence-electron chi connectivity index (χ4n) is 2.37. The Kier molecular flexibility index (Phi) is 5.07. The third-order valence-corrected chi connectivity index (χ3v) is 3.54. The van der Waals surface area contributed by atoms with Crippen LogP contribution < -0.4 is 15.4 Å². The zero-order valence-electron chi connectivity index (χ0n) is 13.4. The van der Waals surface area contributed by atoms with Crippen molar-refractivity contribution in [1.29, 1.82) is 5.26 Å². The maximum absolute atomic E-state index is 11.9. The molecule has 0 spiro atoms. The Labute approximate surface area is 145 Å². The predicted octanol–water partition coefficient (Wildman–Crippen LogP) is 3.31. The van der Waals surface area contributed by atoms with E-state index in [4.69, 9.17) is 10.00 Å². The van der Waals surface area contributed by atoms with Crippen molar-refractivity contribution in [2.75, 3.05) is 18.5 Å². The summed E-state index contributed by atoms with van der Waals surface area (Å²) in [5.74, 6) is 0.676. The number of carbonyl (C=O) groups is 1. The molecule has 0 saturated carbocycles. The van der Waals surface area contributed by atoms with Crippen LogP contribution in [-0.4, -0.2) is 24.2 Å². The van der Waals surface area contributed by atoms with E-state index in [1.165, 1.54) is 0 Å². The van der Waals surface area contributed by atoms with Crippen LogP contribution in [-0.2, 0) is 0 Å². The van der Waals surface area contributed by atoms with E-state index in [0.29, 0.717) is 30.2 Å². The standard InChI is InChI=1S/C19H16N4O2/c20-13-15-5-1-2-8-16(15)23-19(24)22-11-12-25-17-9-3-6-14-7-4-10-21-18(14)17/h1-10H,11-12H2,(H2,22,23,24). The second kappa shape index (κ2) is 7.79. The summed E-state index contributed by atoms with van der Waals surface area (Å²) in [6.07, 6.45) is 1.72. The van der Waals surface area contributed by atoms with Crippen LogP contribution >= 0.6 is 0 Å². The van der Waals surface area contributed by atoms with Gasteiger partial charge in [0.2, 0.25) is 0 Å². The molecule has 6 heteroatoms. The van der Waals surface area contributed by atoms with Crippen molar-refractivity contribution in [1.82, 2.24) is 10.3 Å². The molecule has 6 nitrogen and oxygen atoms in total. The van der Waals surface area contributed by atoms with E-state index in [0.717, 1.165) is 10.9 Å². The van der Waals surface area contributed by atoms with Gasteiger partial charge in [0.25, 0.3) is 0 Å². The van der Waals surface area contributed by atoms with E-state index in [-0.39, 0.29) is 6.03 Å². The van der Waals surface area contributed by atoms with Gasteiger partial charge in [0.05, 0.1) is 17.8 Å². The monoisotopic (exact) mass is 332 g/mol. The molecule has 25 heavy (non-hydrogen) atoms. The highest BCUT2D eigenvalue weighted by molar-refractivity contribution is 5.90. The zero-order valence-corrected chi connectivity index (χ0v) is 13.4. The Balaban J connectivity index is 1.51. The van der Waals surface area contributed by atoms with Gasteiger partial charge in [0.15, 0.2) is 0 Å². The summed E-state index contributed by atoms with van der Waals surface area (Å²) >= 11 is 0. The number of rotatable bonds is 5. The number of urea groups is 1. The number of carbonyl (C=O) groups excluding carboxylic acids is 1. The van der Waals surface area contributed by atoms with Crippen molar-refractivity contribution in [3.8, 4) is 11.8 Å². The molecule has 0 atom stereocenters. The Morgan fingerprint density at radius 1 is 1.12 bits per heavy atom. The molecule has 0 radical (unpaired) electrons. The van der Waals surface area contributed by atoms with E-state index in [2.05, 4.69) is 15.6 Å². The molecule has 0 bridgehead atoms. The SMILES string of the molecule is N#Cc1ccccc1NC(=O)NCCOc1cccc2cccnc12. The molecule has 2 amide bonds. The van der Waals surface area contributed by atoms with Crippen LogP contribution in [0.4, 0.5) is 10.5 Å². The van der Waals surface area contributed by atoms with E-state index in [1.807, 2.05) is 36.4 Å². The van der Waals surface area contributed by atoms with Gasteiger partial charge in [0, 0.05) is 11.6 Å². The van der Waals surface area contributed by atoms with Gasteiger partial charge in [-0.3, -0.25) is 4.98 Å². The van der Waals surface area contributed by atoms with Gasteiger partial charge in [-0.15, -0.1) is 0 Å². The third kappa shape index (κ3) is 4.03. The lowest BCUT2D eigenvalue weighted by atomic mass is 10.2. The molecule has 0 unspecified atom stereocenters. The molecular formula is C19H16N4O2. The summed E-state index contributed by atoms with van der Waals surface area (Å²) in [4.78, 5) is 16.2. The first-order chi connectivity index (χ1) is 12.3. The Morgan fingerprint density at radius 2 is 1.96 bits per heavy atom. The molecule has 0 aliphatic heterocycles. The van der Waals surface area contributed by atoms with Crippen molar-refractivity contribution in [2.45, 2.75) is 0 Å². The molecule has 2 N–H and O–H groups in total. The highest BCUT2D eigenvalue weighted by Crippen LogP contribution is 2.22. The van der Waals surface area contributed by atoms with E-state index < -0.39 is 0 Å². The fraction of sp³-hybridized carbons (Fsp3) is 0.105. The van der Waals surface area contributed by atoms with Crippen molar-refractivity contribution in [3.05, 3.63) is 66.4 Å². The lowest BCUT2D eigenvalue weighted by molar-refractivity contribution is 0.247. The first-order valence-corrected chi connectivity index (χ1v) is 7.78. The average molecular weight is 332 g/mol. The summed E-state index contributed by atoms with van der Waals surface area (Å²) in [5, 5.41) is 15.4. The first-order valence-electron chi connectivity index (χ1n) is 7.78. The summed E-state index contributed by atoms with van der Waals surface area (Å²) in [6.45, 7) is 0.632. The van der Waals surface area contributed by atoms with Crippen LogP contribution in [0.25, 0.3) is 10.9 Å². The maximum atomic E-state index is 11.9. The summed E-state index contributed by atoms with van der Waals surface area (Å²) in [6, 6.07) is 18.0. The molecule has 0 aliphatic carbocycles. The number of nitrogens with one attached hydrogen (secondary N) is 2. The van der Waals surface area contributed by atoms with E-state index >= 15 is 0 Å². The number of fused-ring (bicyclic) bond motifs is 1. The van der Waals surface area contributed by atoms with E-state index in [1.54, 1.807) is 30.5 Å². The fourth-order valence-corrected chi connectivity index (χ4v) is 2.37. The van der Waals surface area contributed by atoms with Gasteiger partial charge < -0.3 is 15.4 Å². The summed E-state index contributed by atoms with van der Waals surface area (Å²) < 4.78 is 5.71. The Hall–Kier alpha value is -3.59. The van der Waals surface area contributed by atoms with Crippen molar-refractivity contribution in [2.24, 2.45) is 0 Å². The largest absolute Gasteiger partial charge is 0.489 e. The van der Waals surface area contributed by atoms with Crippen LogP contribution in [0.5, 0.6) is 5.75 Å². The molecule has 2 aromatic carbocycles.